The van der Waals surface area contributed by atoms with Crippen LogP contribution in [0.2, 0.25) is 0 Å². The van der Waals surface area contributed by atoms with Gasteiger partial charge in [0.1, 0.15) is 5.58 Å². The van der Waals surface area contributed by atoms with Crippen molar-refractivity contribution < 1.29 is 4.42 Å². The van der Waals surface area contributed by atoms with Gasteiger partial charge in [-0.25, -0.2) is 0 Å². The number of aromatic nitrogens is 3. The predicted molar refractivity (Wildman–Crippen MR) is 217 cm³/mol. The van der Waals surface area contributed by atoms with E-state index in [1.54, 1.807) is 0 Å². The van der Waals surface area contributed by atoms with Crippen LogP contribution in [-0.2, 0) is 0 Å². The first kappa shape index (κ1) is 27.7. The molecular formula is C48H29N3O. The van der Waals surface area contributed by atoms with Gasteiger partial charge in [-0.15, -0.1) is 0 Å². The van der Waals surface area contributed by atoms with Crippen LogP contribution < -0.4 is 0 Å². The third-order valence-electron chi connectivity index (χ3n) is 11.0. The molecule has 0 unspecified atom stereocenters. The van der Waals surface area contributed by atoms with Gasteiger partial charge in [0.25, 0.3) is 0 Å². The van der Waals surface area contributed by atoms with Crippen LogP contribution in [0.4, 0.5) is 0 Å². The lowest BCUT2D eigenvalue weighted by Crippen LogP contribution is -1.95. The summed E-state index contributed by atoms with van der Waals surface area (Å²) in [5.74, 6) is 0. The summed E-state index contributed by atoms with van der Waals surface area (Å²) in [6.45, 7) is 0. The highest BCUT2D eigenvalue weighted by molar-refractivity contribution is 6.34. The van der Waals surface area contributed by atoms with Crippen molar-refractivity contribution in [3.63, 3.8) is 0 Å². The molecule has 0 fully saturated rings. The van der Waals surface area contributed by atoms with Crippen molar-refractivity contribution in [1.82, 2.24) is 13.7 Å². The van der Waals surface area contributed by atoms with E-state index in [9.17, 15) is 0 Å². The molecule has 12 rings (SSSR count). The Balaban J connectivity index is 1.40. The van der Waals surface area contributed by atoms with Crippen molar-refractivity contribution in [3.8, 4) is 17.1 Å². The highest BCUT2D eigenvalue weighted by atomic mass is 16.3. The average molecular weight is 664 g/mol. The van der Waals surface area contributed by atoms with Crippen LogP contribution in [-0.4, -0.2) is 13.7 Å². The van der Waals surface area contributed by atoms with E-state index in [1.807, 2.05) is 6.07 Å². The number of nitrogens with zero attached hydrogens (tertiary/aromatic N) is 3. The Bertz CT molecular complexity index is 3380. The SMILES string of the molecule is c1ccc(-n2c3ccc4c5ccccc5n(-c5ccccc5)c4c3c3c2ccc2c4ccc5c6ccccc6oc5c4n(-c4ccccc4)c23)cc1. The maximum Gasteiger partial charge on any atom is 0.160 e. The lowest BCUT2D eigenvalue weighted by molar-refractivity contribution is 0.671. The maximum atomic E-state index is 6.79. The van der Waals surface area contributed by atoms with Gasteiger partial charge in [-0.3, -0.25) is 0 Å². The summed E-state index contributed by atoms with van der Waals surface area (Å²) >= 11 is 0. The predicted octanol–water partition coefficient (Wildman–Crippen LogP) is 12.9. The normalized spacial score (nSPS) is 12.2. The molecule has 0 aliphatic carbocycles. The van der Waals surface area contributed by atoms with Crippen molar-refractivity contribution in [2.24, 2.45) is 0 Å². The molecule has 242 valence electrons. The van der Waals surface area contributed by atoms with Crippen LogP contribution >= 0.6 is 0 Å². The third kappa shape index (κ3) is 3.55. The fraction of sp³-hybridized carbons (Fsp3) is 0. The summed E-state index contributed by atoms with van der Waals surface area (Å²) in [6, 6.07) is 63.3. The fourth-order valence-corrected chi connectivity index (χ4v) is 8.93. The monoisotopic (exact) mass is 663 g/mol. The lowest BCUT2D eigenvalue weighted by Gasteiger charge is -2.11. The molecule has 0 N–H and O–H groups in total. The van der Waals surface area contributed by atoms with Crippen molar-refractivity contribution in [2.75, 3.05) is 0 Å². The summed E-state index contributed by atoms with van der Waals surface area (Å²) < 4.78 is 14.2. The second-order valence-corrected chi connectivity index (χ2v) is 13.7. The Morgan fingerprint density at radius 3 is 1.42 bits per heavy atom. The Morgan fingerprint density at radius 1 is 0.288 bits per heavy atom. The molecule has 0 bridgehead atoms. The highest BCUT2D eigenvalue weighted by Gasteiger charge is 2.26. The van der Waals surface area contributed by atoms with Crippen molar-refractivity contribution >= 4 is 87.4 Å². The van der Waals surface area contributed by atoms with Gasteiger partial charge in [0.05, 0.1) is 33.1 Å². The van der Waals surface area contributed by atoms with Crippen LogP contribution in [0.25, 0.3) is 104 Å². The Hall–Kier alpha value is -7.04. The van der Waals surface area contributed by atoms with E-state index in [0.29, 0.717) is 0 Å². The summed E-state index contributed by atoms with van der Waals surface area (Å²) in [7, 11) is 0. The number of hydrogen-bond donors (Lipinski definition) is 0. The van der Waals surface area contributed by atoms with Crippen molar-refractivity contribution in [1.29, 1.82) is 0 Å². The van der Waals surface area contributed by atoms with Gasteiger partial charge in [0, 0.05) is 60.2 Å². The summed E-state index contributed by atoms with van der Waals surface area (Å²) in [4.78, 5) is 0. The molecule has 8 aromatic carbocycles. The summed E-state index contributed by atoms with van der Waals surface area (Å²) in [5, 5.41) is 9.53. The Labute approximate surface area is 297 Å². The molecule has 4 heterocycles. The summed E-state index contributed by atoms with van der Waals surface area (Å²) in [6.07, 6.45) is 0. The molecule has 0 aliphatic rings. The van der Waals surface area contributed by atoms with Gasteiger partial charge >= 0.3 is 0 Å². The van der Waals surface area contributed by atoms with Crippen molar-refractivity contribution in [3.05, 3.63) is 176 Å². The number of furan rings is 1. The Morgan fingerprint density at radius 2 is 0.750 bits per heavy atom. The van der Waals surface area contributed by atoms with Crippen molar-refractivity contribution in [2.45, 2.75) is 0 Å². The van der Waals surface area contributed by atoms with Gasteiger partial charge in [-0.05, 0) is 66.7 Å². The Kier molecular flexibility index (Phi) is 5.47. The molecule has 4 aromatic heterocycles. The van der Waals surface area contributed by atoms with E-state index in [2.05, 4.69) is 184 Å². The zero-order valence-electron chi connectivity index (χ0n) is 28.0. The fourth-order valence-electron chi connectivity index (χ4n) is 8.93. The third-order valence-corrected chi connectivity index (χ3v) is 11.0. The quantitative estimate of drug-likeness (QED) is 0.185. The standard InChI is InChI=1S/C48H29N3O/c1-4-14-30(15-5-1)49-40-28-26-35-33-20-10-12-22-39(33)50(31-16-6-2-7-17-31)45(35)43(40)44-41(49)29-27-36-37-24-25-38-34-21-11-13-23-42(34)52-48(38)47(37)51(46(36)44)32-18-8-3-9-19-32/h1-29H. The zero-order valence-corrected chi connectivity index (χ0v) is 28.0. The molecule has 12 aromatic rings. The largest absolute Gasteiger partial charge is 0.454 e. The van der Waals surface area contributed by atoms with Crippen LogP contribution in [0.1, 0.15) is 0 Å². The van der Waals surface area contributed by atoms with Crippen LogP contribution in [0.15, 0.2) is 180 Å². The van der Waals surface area contributed by atoms with Crippen LogP contribution in [0, 0.1) is 0 Å². The number of rotatable bonds is 3. The first-order valence-electron chi connectivity index (χ1n) is 17.8. The molecule has 4 nitrogen and oxygen atoms in total. The number of hydrogen-bond acceptors (Lipinski definition) is 1. The molecule has 0 radical (unpaired) electrons. The first-order valence-corrected chi connectivity index (χ1v) is 17.8. The number of benzene rings is 8. The smallest absolute Gasteiger partial charge is 0.160 e. The molecular weight excluding hydrogens is 635 g/mol. The van der Waals surface area contributed by atoms with E-state index in [1.165, 1.54) is 54.4 Å². The molecule has 0 amide bonds. The average Bonchev–Trinajstić information content (AvgIpc) is 3.95. The lowest BCUT2D eigenvalue weighted by atomic mass is 10.0. The minimum Gasteiger partial charge on any atom is -0.454 e. The number of fused-ring (bicyclic) bond motifs is 15. The van der Waals surface area contributed by atoms with Gasteiger partial charge < -0.3 is 18.1 Å². The van der Waals surface area contributed by atoms with E-state index in [4.69, 9.17) is 4.42 Å². The molecule has 52 heavy (non-hydrogen) atoms. The molecule has 0 aliphatic heterocycles. The maximum absolute atomic E-state index is 6.79. The van der Waals surface area contributed by atoms with E-state index < -0.39 is 0 Å². The molecule has 0 saturated carbocycles. The van der Waals surface area contributed by atoms with Gasteiger partial charge in [0.15, 0.2) is 5.58 Å². The van der Waals surface area contributed by atoms with E-state index in [0.717, 1.165) is 50.0 Å². The highest BCUT2D eigenvalue weighted by Crippen LogP contribution is 2.48. The molecule has 0 saturated heterocycles. The second kappa shape index (κ2) is 10.3. The molecule has 4 heteroatoms. The summed E-state index contributed by atoms with van der Waals surface area (Å²) in [5.41, 5.74) is 12.1. The first-order chi connectivity index (χ1) is 25.8. The zero-order chi connectivity index (χ0) is 33.9. The van der Waals surface area contributed by atoms with Crippen LogP contribution in [0.3, 0.4) is 0 Å². The van der Waals surface area contributed by atoms with Gasteiger partial charge in [0.2, 0.25) is 0 Å². The minimum absolute atomic E-state index is 0.898. The molecule has 0 spiro atoms. The molecule has 0 atom stereocenters. The van der Waals surface area contributed by atoms with Gasteiger partial charge in [-0.2, -0.15) is 0 Å². The van der Waals surface area contributed by atoms with E-state index in [-0.39, 0.29) is 0 Å². The minimum atomic E-state index is 0.898. The topological polar surface area (TPSA) is 27.9 Å². The van der Waals surface area contributed by atoms with E-state index >= 15 is 0 Å². The van der Waals surface area contributed by atoms with Gasteiger partial charge in [-0.1, -0.05) is 109 Å². The van der Waals surface area contributed by atoms with Crippen LogP contribution in [0.5, 0.6) is 0 Å². The second-order valence-electron chi connectivity index (χ2n) is 13.7. The number of para-hydroxylation sites is 5.